The maximum atomic E-state index is 4.67. The zero-order valence-corrected chi connectivity index (χ0v) is 9.82. The van der Waals surface area contributed by atoms with Crippen molar-refractivity contribution in [3.05, 3.63) is 35.0 Å². The third kappa shape index (κ3) is 1.28. The van der Waals surface area contributed by atoms with E-state index in [-0.39, 0.29) is 0 Å². The lowest BCUT2D eigenvalue weighted by molar-refractivity contribution is 1.09. The predicted octanol–water partition coefficient (Wildman–Crippen LogP) is 3.50. The van der Waals surface area contributed by atoms with E-state index in [1.807, 2.05) is 11.8 Å². The van der Waals surface area contributed by atoms with Crippen molar-refractivity contribution in [1.29, 1.82) is 0 Å². The second kappa shape index (κ2) is 3.24. The van der Waals surface area contributed by atoms with Crippen LogP contribution < -0.4 is 0 Å². The molecule has 2 aromatic rings. The number of hydrogen-bond acceptors (Lipinski definition) is 2. The Kier molecular flexibility index (Phi) is 1.99. The number of pyridine rings is 1. The Balaban J connectivity index is 2.51. The molecule has 3 rings (SSSR count). The van der Waals surface area contributed by atoms with Gasteiger partial charge in [0.05, 0.1) is 5.52 Å². The molecule has 0 fully saturated rings. The van der Waals surface area contributed by atoms with Gasteiger partial charge in [0.25, 0.3) is 0 Å². The summed E-state index contributed by atoms with van der Waals surface area (Å²) in [5.74, 6) is 1.20. The fourth-order valence-electron chi connectivity index (χ4n) is 2.21. The quantitative estimate of drug-likeness (QED) is 0.667. The van der Waals surface area contributed by atoms with Crippen LogP contribution in [-0.4, -0.2) is 10.7 Å². The molecule has 0 unspecified atom stereocenters. The Morgan fingerprint density at radius 1 is 1.27 bits per heavy atom. The monoisotopic (exact) mass is 215 g/mol. The summed E-state index contributed by atoms with van der Waals surface area (Å²) >= 11 is 1.98. The van der Waals surface area contributed by atoms with Crippen LogP contribution in [0.15, 0.2) is 23.1 Å². The lowest BCUT2D eigenvalue weighted by atomic mass is 10.0. The Hall–Kier alpha value is -1.02. The maximum Gasteiger partial charge on any atom is 0.0719 e. The molecule has 0 saturated heterocycles. The standard InChI is InChI=1S/C13H13NS/c1-8-9(2)14-11-5-3-4-10-6-7-15-13(8)12(10)11/h3-5H,6-7H2,1-2H3. The van der Waals surface area contributed by atoms with Gasteiger partial charge in [-0.1, -0.05) is 12.1 Å². The molecule has 76 valence electrons. The minimum Gasteiger partial charge on any atom is -0.253 e. The van der Waals surface area contributed by atoms with Gasteiger partial charge in [0, 0.05) is 21.7 Å². The van der Waals surface area contributed by atoms with Crippen LogP contribution >= 0.6 is 11.8 Å². The number of nitrogens with zero attached hydrogens (tertiary/aromatic N) is 1. The van der Waals surface area contributed by atoms with Gasteiger partial charge < -0.3 is 0 Å². The minimum absolute atomic E-state index is 1.16. The zero-order chi connectivity index (χ0) is 10.4. The summed E-state index contributed by atoms with van der Waals surface area (Å²) in [6.45, 7) is 4.29. The van der Waals surface area contributed by atoms with E-state index in [1.54, 1.807) is 0 Å². The molecular weight excluding hydrogens is 202 g/mol. The third-order valence-corrected chi connectivity index (χ3v) is 4.35. The molecule has 0 atom stereocenters. The van der Waals surface area contributed by atoms with Crippen LogP contribution in [-0.2, 0) is 6.42 Å². The highest BCUT2D eigenvalue weighted by Gasteiger charge is 2.16. The van der Waals surface area contributed by atoms with E-state index in [9.17, 15) is 0 Å². The van der Waals surface area contributed by atoms with E-state index < -0.39 is 0 Å². The van der Waals surface area contributed by atoms with Crippen LogP contribution in [0.25, 0.3) is 10.9 Å². The predicted molar refractivity (Wildman–Crippen MR) is 65.6 cm³/mol. The number of hydrogen-bond donors (Lipinski definition) is 0. The van der Waals surface area contributed by atoms with E-state index in [1.165, 1.54) is 39.3 Å². The first-order chi connectivity index (χ1) is 7.27. The first-order valence-electron chi connectivity index (χ1n) is 5.29. The van der Waals surface area contributed by atoms with Gasteiger partial charge in [0.2, 0.25) is 0 Å². The maximum absolute atomic E-state index is 4.67. The van der Waals surface area contributed by atoms with Crippen molar-refractivity contribution in [2.75, 3.05) is 5.75 Å². The normalized spacial score (nSPS) is 14.5. The van der Waals surface area contributed by atoms with Crippen LogP contribution in [0, 0.1) is 13.8 Å². The average Bonchev–Trinajstić information content (AvgIpc) is 2.26. The van der Waals surface area contributed by atoms with Crippen LogP contribution in [0.2, 0.25) is 0 Å². The van der Waals surface area contributed by atoms with Crippen LogP contribution in [0.5, 0.6) is 0 Å². The van der Waals surface area contributed by atoms with Gasteiger partial charge in [-0.15, -0.1) is 11.8 Å². The first kappa shape index (κ1) is 9.22. The van der Waals surface area contributed by atoms with Crippen molar-refractivity contribution >= 4 is 22.7 Å². The molecule has 15 heavy (non-hydrogen) atoms. The highest BCUT2D eigenvalue weighted by molar-refractivity contribution is 7.99. The van der Waals surface area contributed by atoms with E-state index in [0.717, 1.165) is 5.52 Å². The Bertz CT molecular complexity index is 546. The average molecular weight is 215 g/mol. The molecule has 2 heterocycles. The molecule has 0 spiro atoms. The highest BCUT2D eigenvalue weighted by Crippen LogP contribution is 2.38. The molecule has 1 aliphatic rings. The van der Waals surface area contributed by atoms with Crippen LogP contribution in [0.1, 0.15) is 16.8 Å². The molecule has 0 amide bonds. The lowest BCUT2D eigenvalue weighted by Gasteiger charge is -2.19. The molecule has 0 N–H and O–H groups in total. The summed E-state index contributed by atoms with van der Waals surface area (Å²) in [7, 11) is 0. The number of aryl methyl sites for hydroxylation is 2. The Morgan fingerprint density at radius 3 is 3.00 bits per heavy atom. The third-order valence-electron chi connectivity index (χ3n) is 3.15. The first-order valence-corrected chi connectivity index (χ1v) is 6.27. The van der Waals surface area contributed by atoms with Crippen molar-refractivity contribution in [1.82, 2.24) is 4.98 Å². The summed E-state index contributed by atoms with van der Waals surface area (Å²) < 4.78 is 0. The van der Waals surface area contributed by atoms with Gasteiger partial charge in [0.1, 0.15) is 0 Å². The fourth-order valence-corrected chi connectivity index (χ4v) is 3.48. The molecule has 1 nitrogen and oxygen atoms in total. The van der Waals surface area contributed by atoms with Crippen molar-refractivity contribution in [3.8, 4) is 0 Å². The SMILES string of the molecule is Cc1nc2cccc3c2c(c1C)SCC3. The zero-order valence-electron chi connectivity index (χ0n) is 9.00. The molecule has 0 radical (unpaired) electrons. The van der Waals surface area contributed by atoms with Crippen molar-refractivity contribution in [3.63, 3.8) is 0 Å². The van der Waals surface area contributed by atoms with Gasteiger partial charge in [-0.25, -0.2) is 0 Å². The van der Waals surface area contributed by atoms with E-state index in [0.29, 0.717) is 0 Å². The molecule has 1 aliphatic heterocycles. The molecular formula is C13H13NS. The van der Waals surface area contributed by atoms with Crippen molar-refractivity contribution in [2.45, 2.75) is 25.2 Å². The fraction of sp³-hybridized carbons (Fsp3) is 0.308. The Labute approximate surface area is 93.9 Å². The molecule has 0 saturated carbocycles. The molecule has 2 heteroatoms. The topological polar surface area (TPSA) is 12.9 Å². The van der Waals surface area contributed by atoms with Gasteiger partial charge in [0.15, 0.2) is 0 Å². The largest absolute Gasteiger partial charge is 0.253 e. The number of rotatable bonds is 0. The molecule has 0 aliphatic carbocycles. The van der Waals surface area contributed by atoms with Gasteiger partial charge in [-0.2, -0.15) is 0 Å². The van der Waals surface area contributed by atoms with Crippen LogP contribution in [0.4, 0.5) is 0 Å². The van der Waals surface area contributed by atoms with Gasteiger partial charge >= 0.3 is 0 Å². The van der Waals surface area contributed by atoms with Crippen molar-refractivity contribution < 1.29 is 0 Å². The summed E-state index contributed by atoms with van der Waals surface area (Å²) in [6, 6.07) is 6.49. The summed E-state index contributed by atoms with van der Waals surface area (Å²) in [5, 5.41) is 1.40. The molecule has 1 aromatic heterocycles. The second-order valence-corrected chi connectivity index (χ2v) is 5.17. The number of thioether (sulfide) groups is 1. The van der Waals surface area contributed by atoms with E-state index in [4.69, 9.17) is 0 Å². The van der Waals surface area contributed by atoms with Crippen LogP contribution in [0.3, 0.4) is 0 Å². The van der Waals surface area contributed by atoms with E-state index in [2.05, 4.69) is 37.0 Å². The summed E-state index contributed by atoms with van der Waals surface area (Å²) in [6.07, 6.45) is 1.18. The number of benzene rings is 1. The molecule has 1 aromatic carbocycles. The Morgan fingerprint density at radius 2 is 2.13 bits per heavy atom. The van der Waals surface area contributed by atoms with E-state index >= 15 is 0 Å². The smallest absolute Gasteiger partial charge is 0.0719 e. The summed E-state index contributed by atoms with van der Waals surface area (Å²) in [4.78, 5) is 6.12. The molecule has 0 bridgehead atoms. The van der Waals surface area contributed by atoms with Gasteiger partial charge in [-0.05, 0) is 37.5 Å². The van der Waals surface area contributed by atoms with Crippen molar-refractivity contribution in [2.24, 2.45) is 0 Å². The lowest BCUT2D eigenvalue weighted by Crippen LogP contribution is -2.02. The second-order valence-electron chi connectivity index (χ2n) is 4.06. The summed E-state index contributed by atoms with van der Waals surface area (Å²) in [5.41, 5.74) is 5.17. The van der Waals surface area contributed by atoms with Gasteiger partial charge in [-0.3, -0.25) is 4.98 Å². The minimum atomic E-state index is 1.16. The highest BCUT2D eigenvalue weighted by atomic mass is 32.2. The number of aromatic nitrogens is 1.